The van der Waals surface area contributed by atoms with Gasteiger partial charge in [-0.2, -0.15) is 0 Å². The van der Waals surface area contributed by atoms with Crippen LogP contribution in [-0.2, 0) is 16.0 Å². The van der Waals surface area contributed by atoms with Crippen LogP contribution in [0.15, 0.2) is 18.2 Å². The summed E-state index contributed by atoms with van der Waals surface area (Å²) in [5.41, 5.74) is 0.870. The van der Waals surface area contributed by atoms with E-state index >= 15 is 0 Å². The molecule has 21 heavy (non-hydrogen) atoms. The highest BCUT2D eigenvalue weighted by atomic mass is 19.1. The van der Waals surface area contributed by atoms with Gasteiger partial charge in [-0.25, -0.2) is 9.18 Å². The lowest BCUT2D eigenvalue weighted by atomic mass is 10.1. The molecule has 4 nitrogen and oxygen atoms in total. The molecule has 1 saturated heterocycles. The minimum atomic E-state index is -0.638. The summed E-state index contributed by atoms with van der Waals surface area (Å²) < 4.78 is 24.3. The van der Waals surface area contributed by atoms with Crippen molar-refractivity contribution in [3.8, 4) is 0 Å². The van der Waals surface area contributed by atoms with Crippen molar-refractivity contribution in [2.75, 3.05) is 20.3 Å². The minimum Gasteiger partial charge on any atom is -0.465 e. The Balaban J connectivity index is 1.73. The number of ether oxygens (including phenoxy) is 2. The number of morpholine rings is 1. The third kappa shape index (κ3) is 2.94. The average molecular weight is 293 g/mol. The van der Waals surface area contributed by atoms with Gasteiger partial charge in [-0.1, -0.05) is 6.07 Å². The van der Waals surface area contributed by atoms with Crippen molar-refractivity contribution in [2.45, 2.75) is 38.0 Å². The standard InChI is InChI=1S/C16H20FNO3/c1-20-16(19)12-6-5-11(9-13(12)17)10-18-7-8-21-15-4-2-3-14(15)18/h5-6,9,14-15H,2-4,7-8,10H2,1H3. The summed E-state index contributed by atoms with van der Waals surface area (Å²) in [5, 5.41) is 0. The summed E-state index contributed by atoms with van der Waals surface area (Å²) >= 11 is 0. The van der Waals surface area contributed by atoms with Crippen LogP contribution >= 0.6 is 0 Å². The lowest BCUT2D eigenvalue weighted by Crippen LogP contribution is -2.47. The van der Waals surface area contributed by atoms with E-state index in [1.807, 2.05) is 0 Å². The topological polar surface area (TPSA) is 38.8 Å². The van der Waals surface area contributed by atoms with Crippen LogP contribution in [0.4, 0.5) is 4.39 Å². The molecule has 1 saturated carbocycles. The molecule has 5 heteroatoms. The van der Waals surface area contributed by atoms with Crippen LogP contribution in [0.3, 0.4) is 0 Å². The molecular weight excluding hydrogens is 273 g/mol. The summed E-state index contributed by atoms with van der Waals surface area (Å²) in [5.74, 6) is -1.16. The fourth-order valence-corrected chi connectivity index (χ4v) is 3.37. The molecule has 0 aromatic heterocycles. The molecule has 0 spiro atoms. The van der Waals surface area contributed by atoms with E-state index in [1.165, 1.54) is 25.7 Å². The predicted molar refractivity (Wildman–Crippen MR) is 75.5 cm³/mol. The molecule has 1 heterocycles. The molecule has 2 unspecified atom stereocenters. The quantitative estimate of drug-likeness (QED) is 0.802. The molecule has 1 aromatic carbocycles. The Labute approximate surface area is 123 Å². The molecule has 3 rings (SSSR count). The molecular formula is C16H20FNO3. The summed E-state index contributed by atoms with van der Waals surface area (Å²) in [6.07, 6.45) is 3.80. The first-order chi connectivity index (χ1) is 10.2. The molecule has 0 amide bonds. The van der Waals surface area contributed by atoms with Crippen LogP contribution in [0, 0.1) is 5.82 Å². The van der Waals surface area contributed by atoms with Gasteiger partial charge in [-0.3, -0.25) is 4.90 Å². The smallest absolute Gasteiger partial charge is 0.340 e. The number of esters is 1. The molecule has 0 bridgehead atoms. The molecule has 0 N–H and O–H groups in total. The normalized spacial score (nSPS) is 25.6. The van der Waals surface area contributed by atoms with Gasteiger partial charge in [0.2, 0.25) is 0 Å². The molecule has 1 aromatic rings. The van der Waals surface area contributed by atoms with Crippen LogP contribution in [-0.4, -0.2) is 43.3 Å². The molecule has 114 valence electrons. The zero-order valence-corrected chi connectivity index (χ0v) is 12.2. The second kappa shape index (κ2) is 6.12. The van der Waals surface area contributed by atoms with E-state index in [1.54, 1.807) is 6.07 Å². The van der Waals surface area contributed by atoms with Gasteiger partial charge in [0.25, 0.3) is 0 Å². The van der Waals surface area contributed by atoms with E-state index in [0.29, 0.717) is 18.7 Å². The van der Waals surface area contributed by atoms with Gasteiger partial charge in [-0.05, 0) is 37.0 Å². The maximum atomic E-state index is 14.0. The zero-order chi connectivity index (χ0) is 14.8. The predicted octanol–water partition coefficient (Wildman–Crippen LogP) is 2.37. The average Bonchev–Trinajstić information content (AvgIpc) is 2.96. The first-order valence-corrected chi connectivity index (χ1v) is 7.41. The number of nitrogens with zero attached hydrogens (tertiary/aromatic N) is 1. The number of fused-ring (bicyclic) bond motifs is 1. The maximum absolute atomic E-state index is 14.0. The summed E-state index contributed by atoms with van der Waals surface area (Å²) in [6.45, 7) is 2.31. The van der Waals surface area contributed by atoms with Crippen molar-refractivity contribution >= 4 is 5.97 Å². The summed E-state index contributed by atoms with van der Waals surface area (Å²) in [4.78, 5) is 13.8. The minimum absolute atomic E-state index is 0.0121. The van der Waals surface area contributed by atoms with Crippen LogP contribution in [0.2, 0.25) is 0 Å². The Morgan fingerprint density at radius 1 is 1.48 bits per heavy atom. The number of rotatable bonds is 3. The van der Waals surface area contributed by atoms with Crippen molar-refractivity contribution in [2.24, 2.45) is 0 Å². The monoisotopic (exact) mass is 293 g/mol. The van der Waals surface area contributed by atoms with Crippen LogP contribution in [0.1, 0.15) is 35.2 Å². The Kier molecular flexibility index (Phi) is 4.22. The molecule has 2 atom stereocenters. The fourth-order valence-electron chi connectivity index (χ4n) is 3.37. The Hall–Kier alpha value is -1.46. The summed E-state index contributed by atoms with van der Waals surface area (Å²) in [6, 6.07) is 5.19. The van der Waals surface area contributed by atoms with Gasteiger partial charge in [-0.15, -0.1) is 0 Å². The number of hydrogen-bond donors (Lipinski definition) is 0. The Morgan fingerprint density at radius 3 is 3.10 bits per heavy atom. The van der Waals surface area contributed by atoms with E-state index in [-0.39, 0.29) is 5.56 Å². The number of carbonyl (C=O) groups excluding carboxylic acids is 1. The molecule has 2 fully saturated rings. The van der Waals surface area contributed by atoms with Crippen LogP contribution < -0.4 is 0 Å². The maximum Gasteiger partial charge on any atom is 0.340 e. The number of halogens is 1. The highest BCUT2D eigenvalue weighted by Gasteiger charge is 2.35. The van der Waals surface area contributed by atoms with Crippen LogP contribution in [0.5, 0.6) is 0 Å². The van der Waals surface area contributed by atoms with Gasteiger partial charge in [0.05, 0.1) is 25.4 Å². The Morgan fingerprint density at radius 2 is 2.33 bits per heavy atom. The lowest BCUT2D eigenvalue weighted by Gasteiger charge is -2.37. The highest BCUT2D eigenvalue weighted by Crippen LogP contribution is 2.30. The lowest BCUT2D eigenvalue weighted by molar-refractivity contribution is -0.0588. The molecule has 2 aliphatic rings. The van der Waals surface area contributed by atoms with E-state index in [2.05, 4.69) is 9.64 Å². The number of carbonyl (C=O) groups is 1. The largest absolute Gasteiger partial charge is 0.465 e. The number of benzene rings is 1. The van der Waals surface area contributed by atoms with Gasteiger partial charge < -0.3 is 9.47 Å². The molecule has 0 radical (unpaired) electrons. The summed E-state index contributed by atoms with van der Waals surface area (Å²) in [7, 11) is 1.25. The van der Waals surface area contributed by atoms with Crippen molar-refractivity contribution in [3.05, 3.63) is 35.1 Å². The second-order valence-corrected chi connectivity index (χ2v) is 5.68. The van der Waals surface area contributed by atoms with E-state index in [0.717, 1.165) is 31.6 Å². The third-order valence-corrected chi connectivity index (χ3v) is 4.42. The van der Waals surface area contributed by atoms with Crippen molar-refractivity contribution in [1.29, 1.82) is 0 Å². The third-order valence-electron chi connectivity index (χ3n) is 4.42. The van der Waals surface area contributed by atoms with E-state index in [4.69, 9.17) is 4.74 Å². The van der Waals surface area contributed by atoms with Crippen molar-refractivity contribution < 1.29 is 18.7 Å². The first kappa shape index (κ1) is 14.5. The SMILES string of the molecule is COC(=O)c1ccc(CN2CCOC3CCCC32)cc1F. The Bertz CT molecular complexity index is 534. The highest BCUT2D eigenvalue weighted by molar-refractivity contribution is 5.89. The van der Waals surface area contributed by atoms with Crippen LogP contribution in [0.25, 0.3) is 0 Å². The van der Waals surface area contributed by atoms with E-state index < -0.39 is 11.8 Å². The van der Waals surface area contributed by atoms with Crippen molar-refractivity contribution in [1.82, 2.24) is 4.90 Å². The van der Waals surface area contributed by atoms with Gasteiger partial charge in [0.1, 0.15) is 5.82 Å². The second-order valence-electron chi connectivity index (χ2n) is 5.68. The fraction of sp³-hybridized carbons (Fsp3) is 0.562. The number of hydrogen-bond acceptors (Lipinski definition) is 4. The molecule has 1 aliphatic carbocycles. The van der Waals surface area contributed by atoms with Gasteiger partial charge in [0.15, 0.2) is 0 Å². The van der Waals surface area contributed by atoms with Gasteiger partial charge in [0, 0.05) is 19.1 Å². The number of methoxy groups -OCH3 is 1. The van der Waals surface area contributed by atoms with Crippen molar-refractivity contribution in [3.63, 3.8) is 0 Å². The molecule has 1 aliphatic heterocycles. The zero-order valence-electron chi connectivity index (χ0n) is 12.2. The van der Waals surface area contributed by atoms with E-state index in [9.17, 15) is 9.18 Å². The van der Waals surface area contributed by atoms with Gasteiger partial charge >= 0.3 is 5.97 Å². The first-order valence-electron chi connectivity index (χ1n) is 7.41.